The van der Waals surface area contributed by atoms with E-state index in [0.29, 0.717) is 5.75 Å². The van der Waals surface area contributed by atoms with Gasteiger partial charge in [-0.2, -0.15) is 0 Å². The summed E-state index contributed by atoms with van der Waals surface area (Å²) >= 11 is 0. The van der Waals surface area contributed by atoms with Gasteiger partial charge in [0.1, 0.15) is 5.75 Å². The molecule has 0 aliphatic rings. The van der Waals surface area contributed by atoms with Crippen molar-refractivity contribution in [3.63, 3.8) is 0 Å². The van der Waals surface area contributed by atoms with Crippen LogP contribution in [0.2, 0.25) is 0 Å². The van der Waals surface area contributed by atoms with Crippen LogP contribution in [0.25, 0.3) is 0 Å². The molecule has 1 amide bonds. The minimum absolute atomic E-state index is 0.200. The summed E-state index contributed by atoms with van der Waals surface area (Å²) in [5, 5.41) is 20.9. The van der Waals surface area contributed by atoms with Gasteiger partial charge in [0, 0.05) is 12.2 Å². The van der Waals surface area contributed by atoms with Gasteiger partial charge in [-0.15, -0.1) is 0 Å². The molecular weight excluding hydrogens is 264 g/mol. The third-order valence-electron chi connectivity index (χ3n) is 2.67. The van der Waals surface area contributed by atoms with E-state index in [2.05, 4.69) is 5.32 Å². The van der Waals surface area contributed by atoms with Crippen LogP contribution in [0.4, 0.5) is 5.69 Å². The van der Waals surface area contributed by atoms with E-state index in [-0.39, 0.29) is 17.8 Å². The molecule has 1 unspecified atom stereocenters. The van der Waals surface area contributed by atoms with Crippen LogP contribution in [-0.4, -0.2) is 41.3 Å². The van der Waals surface area contributed by atoms with Gasteiger partial charge in [-0.1, -0.05) is 0 Å². The number of hydrogen-bond acceptors (Lipinski definition) is 5. The number of nitrogens with two attached hydrogens (primary N) is 1. The minimum Gasteiger partial charge on any atom is -0.497 e. The van der Waals surface area contributed by atoms with Crippen molar-refractivity contribution in [1.82, 2.24) is 5.32 Å². The molecule has 0 spiro atoms. The first kappa shape index (κ1) is 15.8. The second kappa shape index (κ2) is 6.25. The second-order valence-electron chi connectivity index (χ2n) is 4.70. The molecule has 0 saturated carbocycles. The van der Waals surface area contributed by atoms with Crippen molar-refractivity contribution in [2.24, 2.45) is 0 Å². The lowest BCUT2D eigenvalue weighted by atomic mass is 10.0. The Labute approximate surface area is 116 Å². The number of carboxylic acid groups (broad SMARTS) is 1. The lowest BCUT2D eigenvalue weighted by Crippen LogP contribution is -2.42. The quantitative estimate of drug-likeness (QED) is 0.554. The van der Waals surface area contributed by atoms with Gasteiger partial charge in [-0.3, -0.25) is 9.59 Å². The van der Waals surface area contributed by atoms with Crippen LogP contribution < -0.4 is 15.8 Å². The van der Waals surface area contributed by atoms with Crippen molar-refractivity contribution in [2.75, 3.05) is 19.4 Å². The van der Waals surface area contributed by atoms with Crippen LogP contribution in [0.3, 0.4) is 0 Å². The van der Waals surface area contributed by atoms with Crippen molar-refractivity contribution in [3.05, 3.63) is 23.8 Å². The zero-order valence-corrected chi connectivity index (χ0v) is 11.3. The zero-order valence-electron chi connectivity index (χ0n) is 11.3. The molecule has 0 heterocycles. The Morgan fingerprint density at radius 1 is 1.45 bits per heavy atom. The summed E-state index contributed by atoms with van der Waals surface area (Å²) in [6, 6.07) is 4.62. The number of carbonyl (C=O) groups excluding carboxylic acids is 1. The predicted molar refractivity (Wildman–Crippen MR) is 72.6 cm³/mol. The molecule has 1 aromatic carbocycles. The minimum atomic E-state index is -1.53. The molecule has 0 saturated heterocycles. The Bertz CT molecular complexity index is 513. The Morgan fingerprint density at radius 2 is 2.10 bits per heavy atom. The number of hydrogen-bond donors (Lipinski definition) is 4. The fourth-order valence-corrected chi connectivity index (χ4v) is 1.61. The largest absolute Gasteiger partial charge is 0.497 e. The summed E-state index contributed by atoms with van der Waals surface area (Å²) < 4.78 is 5.00. The number of carboxylic acids is 1. The monoisotopic (exact) mass is 282 g/mol. The first-order valence-electron chi connectivity index (χ1n) is 5.91. The smallest absolute Gasteiger partial charge is 0.306 e. The van der Waals surface area contributed by atoms with Crippen molar-refractivity contribution >= 4 is 17.6 Å². The third kappa shape index (κ3) is 4.43. The lowest BCUT2D eigenvalue weighted by molar-refractivity contribution is -0.141. The average Bonchev–Trinajstić information content (AvgIpc) is 2.35. The summed E-state index contributed by atoms with van der Waals surface area (Å²) in [4.78, 5) is 22.5. The van der Waals surface area contributed by atoms with Gasteiger partial charge in [-0.25, -0.2) is 0 Å². The van der Waals surface area contributed by atoms with E-state index in [1.165, 1.54) is 26.2 Å². The summed E-state index contributed by atoms with van der Waals surface area (Å²) in [6.45, 7) is 1.13. The van der Waals surface area contributed by atoms with E-state index in [4.69, 9.17) is 15.6 Å². The number of anilines is 1. The van der Waals surface area contributed by atoms with Crippen molar-refractivity contribution in [1.29, 1.82) is 0 Å². The number of aliphatic carboxylic acids is 1. The van der Waals surface area contributed by atoms with Gasteiger partial charge in [0.15, 0.2) is 0 Å². The van der Waals surface area contributed by atoms with Crippen LogP contribution in [0.1, 0.15) is 23.7 Å². The van der Waals surface area contributed by atoms with Crippen LogP contribution in [0.15, 0.2) is 18.2 Å². The molecule has 110 valence electrons. The van der Waals surface area contributed by atoms with Crippen LogP contribution >= 0.6 is 0 Å². The fourth-order valence-electron chi connectivity index (χ4n) is 1.61. The number of aliphatic hydroxyl groups is 1. The zero-order chi connectivity index (χ0) is 15.3. The molecule has 0 aliphatic carbocycles. The molecule has 0 radical (unpaired) electrons. The molecule has 0 aliphatic heterocycles. The molecule has 0 bridgehead atoms. The van der Waals surface area contributed by atoms with Crippen LogP contribution in [0, 0.1) is 0 Å². The summed E-state index contributed by atoms with van der Waals surface area (Å²) in [7, 11) is 1.46. The van der Waals surface area contributed by atoms with Gasteiger partial charge in [0.05, 0.1) is 24.7 Å². The summed E-state index contributed by atoms with van der Waals surface area (Å²) in [6.07, 6.45) is -0.471. The fraction of sp³-hybridized carbons (Fsp3) is 0.385. The summed E-state index contributed by atoms with van der Waals surface area (Å²) in [5.41, 5.74) is 4.63. The Balaban J connectivity index is 2.74. The Morgan fingerprint density at radius 3 is 2.65 bits per heavy atom. The predicted octanol–water partition coefficient (Wildman–Crippen LogP) is 0.233. The van der Waals surface area contributed by atoms with Crippen molar-refractivity contribution < 1.29 is 24.5 Å². The molecule has 7 heteroatoms. The molecule has 0 aromatic heterocycles. The van der Waals surface area contributed by atoms with E-state index < -0.39 is 23.9 Å². The molecule has 5 N–H and O–H groups in total. The molecular formula is C13H18N2O5. The number of amides is 1. The van der Waals surface area contributed by atoms with Crippen LogP contribution in [0.5, 0.6) is 5.75 Å². The molecule has 0 fully saturated rings. The number of carbonyl (C=O) groups is 2. The molecule has 1 rings (SSSR count). The highest BCUT2D eigenvalue weighted by Crippen LogP contribution is 2.19. The van der Waals surface area contributed by atoms with Gasteiger partial charge < -0.3 is 26.0 Å². The highest BCUT2D eigenvalue weighted by Gasteiger charge is 2.25. The number of benzene rings is 1. The molecule has 1 atom stereocenters. The molecule has 7 nitrogen and oxygen atoms in total. The Kier molecular flexibility index (Phi) is 4.93. The standard InChI is InChI=1S/C13H18N2O5/c1-13(19,6-11(16)17)7-15-12(18)9-5-8(20-2)3-4-10(9)14/h3-5,19H,6-7,14H2,1-2H3,(H,15,18)(H,16,17). The van der Waals surface area contributed by atoms with Crippen molar-refractivity contribution in [3.8, 4) is 5.75 Å². The molecule has 20 heavy (non-hydrogen) atoms. The van der Waals surface area contributed by atoms with E-state index in [1.807, 2.05) is 0 Å². The van der Waals surface area contributed by atoms with Gasteiger partial charge in [-0.05, 0) is 25.1 Å². The van der Waals surface area contributed by atoms with E-state index in [9.17, 15) is 14.7 Å². The first-order chi connectivity index (χ1) is 9.25. The topological polar surface area (TPSA) is 122 Å². The second-order valence-corrected chi connectivity index (χ2v) is 4.70. The maximum absolute atomic E-state index is 12.0. The van der Waals surface area contributed by atoms with E-state index in [1.54, 1.807) is 6.07 Å². The molecule has 1 aromatic rings. The summed E-state index contributed by atoms with van der Waals surface area (Å²) in [5.74, 6) is -1.18. The van der Waals surface area contributed by atoms with E-state index >= 15 is 0 Å². The first-order valence-corrected chi connectivity index (χ1v) is 5.91. The van der Waals surface area contributed by atoms with Crippen LogP contribution in [-0.2, 0) is 4.79 Å². The number of nitrogen functional groups attached to an aromatic ring is 1. The number of ether oxygens (including phenoxy) is 1. The van der Waals surface area contributed by atoms with Crippen molar-refractivity contribution in [2.45, 2.75) is 18.9 Å². The number of rotatable bonds is 6. The highest BCUT2D eigenvalue weighted by molar-refractivity contribution is 5.99. The third-order valence-corrected chi connectivity index (χ3v) is 2.67. The Hall–Kier alpha value is -2.28. The SMILES string of the molecule is COc1ccc(N)c(C(=O)NCC(C)(O)CC(=O)O)c1. The maximum Gasteiger partial charge on any atom is 0.306 e. The normalized spacial score (nSPS) is 13.3. The van der Waals surface area contributed by atoms with E-state index in [0.717, 1.165) is 0 Å². The van der Waals surface area contributed by atoms with Gasteiger partial charge in [0.2, 0.25) is 0 Å². The average molecular weight is 282 g/mol. The van der Waals surface area contributed by atoms with Gasteiger partial charge >= 0.3 is 5.97 Å². The number of methoxy groups -OCH3 is 1. The highest BCUT2D eigenvalue weighted by atomic mass is 16.5. The maximum atomic E-state index is 12.0. The lowest BCUT2D eigenvalue weighted by Gasteiger charge is -2.21. The van der Waals surface area contributed by atoms with Gasteiger partial charge in [0.25, 0.3) is 5.91 Å². The number of nitrogens with one attached hydrogen (secondary N) is 1.